The van der Waals surface area contributed by atoms with Gasteiger partial charge < -0.3 is 14.9 Å². The van der Waals surface area contributed by atoms with Crippen molar-refractivity contribution >= 4 is 5.78 Å². The van der Waals surface area contributed by atoms with Gasteiger partial charge in [-0.25, -0.2) is 0 Å². The molecule has 4 nitrogen and oxygen atoms in total. The molecular formula is C20H30O4. The molecule has 1 heterocycles. The van der Waals surface area contributed by atoms with E-state index >= 15 is 0 Å². The molecule has 1 aliphatic heterocycles. The number of carbonyl (C=O) groups excluding carboxylic acids is 1. The summed E-state index contributed by atoms with van der Waals surface area (Å²) in [5, 5.41) is 20.2. The molecule has 0 aromatic heterocycles. The van der Waals surface area contributed by atoms with Gasteiger partial charge in [-0.05, 0) is 55.1 Å². The molecule has 0 aromatic carbocycles. The number of aliphatic hydroxyl groups excluding tert-OH is 2. The number of hydrogen-bond acceptors (Lipinski definition) is 4. The largest absolute Gasteiger partial charge is 0.392 e. The Morgan fingerprint density at radius 2 is 1.92 bits per heavy atom. The van der Waals surface area contributed by atoms with Gasteiger partial charge in [0, 0.05) is 11.3 Å². The highest BCUT2D eigenvalue weighted by atomic mass is 16.6. The molecule has 0 aromatic rings. The van der Waals surface area contributed by atoms with Gasteiger partial charge in [0.15, 0.2) is 5.78 Å². The van der Waals surface area contributed by atoms with Crippen molar-refractivity contribution in [2.24, 2.45) is 22.7 Å². The Morgan fingerprint density at radius 3 is 2.50 bits per heavy atom. The number of aliphatic hydroxyl groups is 2. The highest BCUT2D eigenvalue weighted by Crippen LogP contribution is 2.80. The number of ketones is 1. The van der Waals surface area contributed by atoms with Crippen LogP contribution in [0.3, 0.4) is 0 Å². The van der Waals surface area contributed by atoms with Gasteiger partial charge in [0.1, 0.15) is 11.2 Å². The van der Waals surface area contributed by atoms with E-state index in [9.17, 15) is 15.0 Å². The van der Waals surface area contributed by atoms with Crippen molar-refractivity contribution in [3.63, 3.8) is 0 Å². The normalized spacial score (nSPS) is 53.1. The maximum absolute atomic E-state index is 13.1. The summed E-state index contributed by atoms with van der Waals surface area (Å²) in [5.74, 6) is 0.475. The summed E-state index contributed by atoms with van der Waals surface area (Å²) in [6, 6.07) is 0. The van der Waals surface area contributed by atoms with Crippen LogP contribution in [0.15, 0.2) is 11.6 Å². The molecule has 1 saturated heterocycles. The zero-order chi connectivity index (χ0) is 17.5. The minimum Gasteiger partial charge on any atom is -0.392 e. The molecule has 4 aliphatic rings. The molecule has 0 amide bonds. The molecule has 24 heavy (non-hydrogen) atoms. The summed E-state index contributed by atoms with van der Waals surface area (Å²) >= 11 is 0. The highest BCUT2D eigenvalue weighted by molar-refractivity contribution is 5.96. The van der Waals surface area contributed by atoms with E-state index in [1.807, 2.05) is 0 Å². The molecule has 6 atom stereocenters. The third kappa shape index (κ3) is 1.63. The van der Waals surface area contributed by atoms with Crippen LogP contribution >= 0.6 is 0 Å². The number of allylic oxidation sites excluding steroid dienone is 1. The van der Waals surface area contributed by atoms with Gasteiger partial charge in [0.05, 0.1) is 12.7 Å². The summed E-state index contributed by atoms with van der Waals surface area (Å²) in [4.78, 5) is 13.1. The second-order valence-electron chi connectivity index (χ2n) is 9.41. The maximum Gasteiger partial charge on any atom is 0.162 e. The van der Waals surface area contributed by atoms with Gasteiger partial charge in [-0.1, -0.05) is 27.7 Å². The van der Waals surface area contributed by atoms with E-state index in [1.54, 1.807) is 0 Å². The van der Waals surface area contributed by atoms with Crippen molar-refractivity contribution in [3.05, 3.63) is 11.6 Å². The first-order chi connectivity index (χ1) is 11.2. The van der Waals surface area contributed by atoms with Crippen LogP contribution in [0.1, 0.15) is 59.8 Å². The Morgan fingerprint density at radius 1 is 1.25 bits per heavy atom. The van der Waals surface area contributed by atoms with Crippen molar-refractivity contribution in [2.75, 3.05) is 6.61 Å². The van der Waals surface area contributed by atoms with Crippen LogP contribution in [0.5, 0.6) is 0 Å². The molecule has 6 unspecified atom stereocenters. The van der Waals surface area contributed by atoms with Gasteiger partial charge in [-0.3, -0.25) is 4.79 Å². The van der Waals surface area contributed by atoms with Gasteiger partial charge in [0.25, 0.3) is 0 Å². The standard InChI is InChI=1S/C20H30O4/c1-12(2)19-8-6-17(3)5-7-18(4)15(20(17,19)24-19)10-14(22)13(11-21)9-16(18)23/h9,12,14-15,21-22H,5-8,10-11H2,1-4H3. The van der Waals surface area contributed by atoms with E-state index in [0.717, 1.165) is 25.7 Å². The van der Waals surface area contributed by atoms with E-state index in [-0.39, 0.29) is 34.9 Å². The van der Waals surface area contributed by atoms with Crippen LogP contribution in [-0.4, -0.2) is 39.9 Å². The van der Waals surface area contributed by atoms with Gasteiger partial charge in [0.2, 0.25) is 0 Å². The van der Waals surface area contributed by atoms with E-state index < -0.39 is 11.5 Å². The summed E-state index contributed by atoms with van der Waals surface area (Å²) < 4.78 is 6.60. The van der Waals surface area contributed by atoms with Crippen molar-refractivity contribution in [2.45, 2.75) is 77.1 Å². The number of hydrogen-bond donors (Lipinski definition) is 2. The van der Waals surface area contributed by atoms with Crippen molar-refractivity contribution in [1.82, 2.24) is 0 Å². The molecule has 134 valence electrons. The summed E-state index contributed by atoms with van der Waals surface area (Å²) in [5.41, 5.74) is -0.389. The lowest BCUT2D eigenvalue weighted by molar-refractivity contribution is -0.138. The van der Waals surface area contributed by atoms with Gasteiger partial charge in [-0.15, -0.1) is 0 Å². The van der Waals surface area contributed by atoms with Crippen molar-refractivity contribution in [3.8, 4) is 0 Å². The Kier molecular flexibility index (Phi) is 3.29. The van der Waals surface area contributed by atoms with Crippen LogP contribution in [0, 0.1) is 22.7 Å². The zero-order valence-corrected chi connectivity index (χ0v) is 15.3. The second-order valence-corrected chi connectivity index (χ2v) is 9.41. The summed E-state index contributed by atoms with van der Waals surface area (Å²) in [6.45, 7) is 8.57. The third-order valence-corrected chi connectivity index (χ3v) is 8.21. The molecule has 4 rings (SSSR count). The van der Waals surface area contributed by atoms with Crippen LogP contribution < -0.4 is 0 Å². The topological polar surface area (TPSA) is 70.1 Å². The first-order valence-corrected chi connectivity index (χ1v) is 9.41. The molecule has 0 bridgehead atoms. The number of ether oxygens (including phenoxy) is 1. The van der Waals surface area contributed by atoms with Crippen LogP contribution in [0.2, 0.25) is 0 Å². The fraction of sp³-hybridized carbons (Fsp3) is 0.850. The monoisotopic (exact) mass is 334 g/mol. The Hall–Kier alpha value is -0.710. The number of carbonyl (C=O) groups is 1. The Balaban J connectivity index is 1.84. The summed E-state index contributed by atoms with van der Waals surface area (Å²) in [7, 11) is 0. The molecule has 1 spiro atoms. The smallest absolute Gasteiger partial charge is 0.162 e. The van der Waals surface area contributed by atoms with Crippen LogP contribution in [0.25, 0.3) is 0 Å². The van der Waals surface area contributed by atoms with Crippen LogP contribution in [0.4, 0.5) is 0 Å². The predicted molar refractivity (Wildman–Crippen MR) is 90.4 cm³/mol. The van der Waals surface area contributed by atoms with Crippen molar-refractivity contribution < 1.29 is 19.7 Å². The molecule has 2 N–H and O–H groups in total. The second kappa shape index (κ2) is 4.72. The van der Waals surface area contributed by atoms with E-state index in [4.69, 9.17) is 4.74 Å². The third-order valence-electron chi connectivity index (χ3n) is 8.21. The molecule has 3 fully saturated rings. The number of fused-ring (bicyclic) bond motifs is 1. The lowest BCUT2D eigenvalue weighted by Crippen LogP contribution is -2.56. The quantitative estimate of drug-likeness (QED) is 0.762. The lowest BCUT2D eigenvalue weighted by atomic mass is 9.50. The van der Waals surface area contributed by atoms with E-state index in [1.165, 1.54) is 6.08 Å². The first-order valence-electron chi connectivity index (χ1n) is 9.41. The minimum absolute atomic E-state index is 0.0106. The van der Waals surface area contributed by atoms with Crippen LogP contribution in [-0.2, 0) is 9.53 Å². The SMILES string of the molecule is CC(C)C12CCC3(C)CCC4(C)C(=O)C=C(CO)C(O)CC4C31O2. The fourth-order valence-corrected chi connectivity index (χ4v) is 6.55. The molecule has 0 radical (unpaired) electrons. The molecule has 3 aliphatic carbocycles. The van der Waals surface area contributed by atoms with Gasteiger partial charge >= 0.3 is 0 Å². The highest BCUT2D eigenvalue weighted by Gasteiger charge is 2.86. The number of rotatable bonds is 2. The molecule has 2 saturated carbocycles. The molecule has 4 heteroatoms. The zero-order valence-electron chi connectivity index (χ0n) is 15.3. The molecular weight excluding hydrogens is 304 g/mol. The first kappa shape index (κ1) is 16.7. The average molecular weight is 334 g/mol. The van der Waals surface area contributed by atoms with Crippen molar-refractivity contribution in [1.29, 1.82) is 0 Å². The maximum atomic E-state index is 13.1. The fourth-order valence-electron chi connectivity index (χ4n) is 6.55. The van der Waals surface area contributed by atoms with E-state index in [0.29, 0.717) is 17.9 Å². The summed E-state index contributed by atoms with van der Waals surface area (Å²) in [6.07, 6.45) is 5.31. The minimum atomic E-state index is -0.753. The Labute approximate surface area is 144 Å². The predicted octanol–water partition coefficient (Wildman–Crippen LogP) is 2.62. The van der Waals surface area contributed by atoms with E-state index in [2.05, 4.69) is 27.7 Å². The number of epoxide rings is 1. The van der Waals surface area contributed by atoms with Gasteiger partial charge in [-0.2, -0.15) is 0 Å². The Bertz CT molecular complexity index is 625. The lowest BCUT2D eigenvalue weighted by Gasteiger charge is -2.51. The average Bonchev–Trinajstić information content (AvgIpc) is 3.18.